The summed E-state index contributed by atoms with van der Waals surface area (Å²) < 4.78 is 2.18. The molecule has 0 saturated heterocycles. The van der Waals surface area contributed by atoms with Crippen LogP contribution in [0.1, 0.15) is 26.1 Å². The fourth-order valence-corrected chi connectivity index (χ4v) is 3.09. The van der Waals surface area contributed by atoms with Crippen LogP contribution in [0.2, 0.25) is 0 Å². The number of rotatable bonds is 4. The lowest BCUT2D eigenvalue weighted by Crippen LogP contribution is -2.40. The van der Waals surface area contributed by atoms with E-state index in [0.29, 0.717) is 17.4 Å². The molecule has 3 N–H and O–H groups in total. The van der Waals surface area contributed by atoms with Gasteiger partial charge in [-0.3, -0.25) is 11.3 Å². The highest BCUT2D eigenvalue weighted by Gasteiger charge is 2.49. The van der Waals surface area contributed by atoms with Crippen LogP contribution in [0.15, 0.2) is 24.3 Å². The highest BCUT2D eigenvalue weighted by atomic mass is 15.2. The molecule has 102 valence electrons. The van der Waals surface area contributed by atoms with Gasteiger partial charge in [-0.15, -0.1) is 0 Å². The molecule has 0 spiro atoms. The number of aryl methyl sites for hydroxylation is 1. The third-order valence-electron chi connectivity index (χ3n) is 4.57. The molecule has 4 heteroatoms. The van der Waals surface area contributed by atoms with Gasteiger partial charge in [0.15, 0.2) is 0 Å². The first-order valence-electron chi connectivity index (χ1n) is 6.89. The molecule has 19 heavy (non-hydrogen) atoms. The average molecular weight is 258 g/mol. The van der Waals surface area contributed by atoms with Crippen molar-refractivity contribution in [1.29, 1.82) is 0 Å². The highest BCUT2D eigenvalue weighted by molar-refractivity contribution is 5.75. The fraction of sp³-hybridized carbons (Fsp3) is 0.533. The maximum absolute atomic E-state index is 5.74. The molecule has 2 atom stereocenters. The Morgan fingerprint density at radius 1 is 1.47 bits per heavy atom. The van der Waals surface area contributed by atoms with E-state index in [1.807, 2.05) is 6.07 Å². The monoisotopic (exact) mass is 258 g/mol. The number of hydrogen-bond acceptors (Lipinski definition) is 3. The minimum absolute atomic E-state index is 0.311. The van der Waals surface area contributed by atoms with Gasteiger partial charge in [-0.2, -0.15) is 0 Å². The van der Waals surface area contributed by atoms with Crippen LogP contribution < -0.4 is 11.3 Å². The second-order valence-electron chi connectivity index (χ2n) is 6.35. The first-order valence-corrected chi connectivity index (χ1v) is 6.89. The predicted molar refractivity (Wildman–Crippen MR) is 77.4 cm³/mol. The predicted octanol–water partition coefficient (Wildman–Crippen LogP) is 1.99. The molecule has 0 amide bonds. The molecule has 0 aliphatic heterocycles. The van der Waals surface area contributed by atoms with Crippen LogP contribution in [-0.4, -0.2) is 15.6 Å². The topological polar surface area (TPSA) is 55.9 Å². The lowest BCUT2D eigenvalue weighted by molar-refractivity contribution is 0.401. The lowest BCUT2D eigenvalue weighted by Gasteiger charge is -2.17. The zero-order valence-electron chi connectivity index (χ0n) is 11.9. The van der Waals surface area contributed by atoms with Gasteiger partial charge >= 0.3 is 0 Å². The minimum atomic E-state index is 0.311. The van der Waals surface area contributed by atoms with Gasteiger partial charge in [-0.1, -0.05) is 26.0 Å². The number of hydrogen-bond donors (Lipinski definition) is 2. The molecular formula is C15H22N4. The Morgan fingerprint density at radius 3 is 2.74 bits per heavy atom. The first kappa shape index (κ1) is 12.6. The fourth-order valence-electron chi connectivity index (χ4n) is 3.09. The van der Waals surface area contributed by atoms with Crippen LogP contribution in [0, 0.1) is 11.3 Å². The summed E-state index contributed by atoms with van der Waals surface area (Å²) in [6.07, 6.45) is 2.13. The van der Waals surface area contributed by atoms with Crippen molar-refractivity contribution in [2.45, 2.75) is 32.7 Å². The summed E-state index contributed by atoms with van der Waals surface area (Å²) in [5.41, 5.74) is 5.65. The lowest BCUT2D eigenvalue weighted by atomic mass is 10.0. The zero-order valence-corrected chi connectivity index (χ0v) is 11.9. The third-order valence-corrected chi connectivity index (χ3v) is 4.57. The van der Waals surface area contributed by atoms with E-state index >= 15 is 0 Å². The summed E-state index contributed by atoms with van der Waals surface area (Å²) in [4.78, 5) is 4.73. The van der Waals surface area contributed by atoms with Crippen molar-refractivity contribution < 1.29 is 0 Å². The second kappa shape index (κ2) is 4.32. The number of aromatic nitrogens is 2. The number of nitrogens with one attached hydrogen (secondary N) is 1. The second-order valence-corrected chi connectivity index (χ2v) is 6.35. The minimum Gasteiger partial charge on any atom is -0.331 e. The van der Waals surface area contributed by atoms with Gasteiger partial charge in [-0.25, -0.2) is 4.98 Å². The number of fused-ring (bicyclic) bond motifs is 1. The molecule has 1 aliphatic carbocycles. The number of hydrazine groups is 1. The quantitative estimate of drug-likeness (QED) is 0.651. The van der Waals surface area contributed by atoms with Gasteiger partial charge in [0.1, 0.15) is 5.82 Å². The van der Waals surface area contributed by atoms with Gasteiger partial charge in [0.25, 0.3) is 0 Å². The SMILES string of the molecule is Cn1c(CC(NN)C2CC2(C)C)nc2ccccc21. The molecule has 2 aromatic rings. The van der Waals surface area contributed by atoms with E-state index in [9.17, 15) is 0 Å². The van der Waals surface area contributed by atoms with E-state index in [1.165, 1.54) is 11.9 Å². The Labute approximate surface area is 114 Å². The first-order chi connectivity index (χ1) is 9.03. The molecule has 2 unspecified atom stereocenters. The van der Waals surface area contributed by atoms with Crippen LogP contribution in [0.3, 0.4) is 0 Å². The number of imidazole rings is 1. The Balaban J connectivity index is 1.86. The van der Waals surface area contributed by atoms with E-state index in [2.05, 4.69) is 49.1 Å². The van der Waals surface area contributed by atoms with E-state index in [4.69, 9.17) is 10.8 Å². The van der Waals surface area contributed by atoms with Crippen molar-refractivity contribution in [3.8, 4) is 0 Å². The summed E-state index contributed by atoms with van der Waals surface area (Å²) in [6.45, 7) is 4.61. The summed E-state index contributed by atoms with van der Waals surface area (Å²) >= 11 is 0. The molecule has 1 aromatic heterocycles. The molecule has 1 fully saturated rings. The Bertz CT molecular complexity index is 599. The van der Waals surface area contributed by atoms with E-state index < -0.39 is 0 Å². The van der Waals surface area contributed by atoms with Crippen LogP contribution >= 0.6 is 0 Å². The molecule has 1 heterocycles. The van der Waals surface area contributed by atoms with Crippen molar-refractivity contribution >= 4 is 11.0 Å². The molecule has 1 aromatic carbocycles. The number of nitrogens with two attached hydrogens (primary N) is 1. The summed E-state index contributed by atoms with van der Waals surface area (Å²) in [6, 6.07) is 8.56. The standard InChI is InChI=1S/C15H22N4/c1-15(2)9-10(15)12(18-16)8-14-17-11-6-4-5-7-13(11)19(14)3/h4-7,10,12,18H,8-9,16H2,1-3H3. The van der Waals surface area contributed by atoms with Crippen LogP contribution in [0.4, 0.5) is 0 Å². The van der Waals surface area contributed by atoms with Gasteiger partial charge in [0.05, 0.1) is 11.0 Å². The van der Waals surface area contributed by atoms with Crippen LogP contribution in [0.5, 0.6) is 0 Å². The normalized spacial score (nSPS) is 22.6. The Kier molecular flexibility index (Phi) is 2.87. The third kappa shape index (κ3) is 2.15. The average Bonchev–Trinajstić information content (AvgIpc) is 2.90. The molecule has 1 aliphatic rings. The van der Waals surface area contributed by atoms with Crippen LogP contribution in [0.25, 0.3) is 11.0 Å². The van der Waals surface area contributed by atoms with E-state index in [0.717, 1.165) is 17.8 Å². The largest absolute Gasteiger partial charge is 0.331 e. The van der Waals surface area contributed by atoms with Crippen molar-refractivity contribution in [3.05, 3.63) is 30.1 Å². The molecule has 4 nitrogen and oxygen atoms in total. The van der Waals surface area contributed by atoms with E-state index in [1.54, 1.807) is 0 Å². The molecule has 1 saturated carbocycles. The molecule has 0 bridgehead atoms. The highest BCUT2D eigenvalue weighted by Crippen LogP contribution is 2.53. The van der Waals surface area contributed by atoms with Gasteiger partial charge in [0.2, 0.25) is 0 Å². The van der Waals surface area contributed by atoms with Crippen molar-refractivity contribution in [2.24, 2.45) is 24.2 Å². The molecule has 3 rings (SSSR count). The smallest absolute Gasteiger partial charge is 0.111 e. The maximum atomic E-state index is 5.74. The Morgan fingerprint density at radius 2 is 2.16 bits per heavy atom. The van der Waals surface area contributed by atoms with E-state index in [-0.39, 0.29) is 0 Å². The number of para-hydroxylation sites is 2. The van der Waals surface area contributed by atoms with Gasteiger partial charge < -0.3 is 4.57 Å². The van der Waals surface area contributed by atoms with Crippen molar-refractivity contribution in [2.75, 3.05) is 0 Å². The number of benzene rings is 1. The number of nitrogens with zero attached hydrogens (tertiary/aromatic N) is 2. The summed E-state index contributed by atoms with van der Waals surface area (Å²) in [7, 11) is 2.08. The summed E-state index contributed by atoms with van der Waals surface area (Å²) in [5, 5.41) is 0. The van der Waals surface area contributed by atoms with Gasteiger partial charge in [0, 0.05) is 19.5 Å². The van der Waals surface area contributed by atoms with Crippen molar-refractivity contribution in [1.82, 2.24) is 15.0 Å². The summed E-state index contributed by atoms with van der Waals surface area (Å²) in [5.74, 6) is 7.49. The van der Waals surface area contributed by atoms with Crippen molar-refractivity contribution in [3.63, 3.8) is 0 Å². The Hall–Kier alpha value is -1.39. The maximum Gasteiger partial charge on any atom is 0.111 e. The zero-order chi connectivity index (χ0) is 13.6. The molecule has 0 radical (unpaired) electrons. The van der Waals surface area contributed by atoms with Gasteiger partial charge in [-0.05, 0) is 29.9 Å². The van der Waals surface area contributed by atoms with Crippen LogP contribution in [-0.2, 0) is 13.5 Å². The molecular weight excluding hydrogens is 236 g/mol.